The van der Waals surface area contributed by atoms with Crippen molar-refractivity contribution >= 4 is 55.9 Å². The fourth-order valence-electron chi connectivity index (χ4n) is 5.75. The number of hydrogen-bond acceptors (Lipinski definition) is 8. The normalized spacial score (nSPS) is 23.6. The van der Waals surface area contributed by atoms with Crippen molar-refractivity contribution in [2.75, 3.05) is 19.5 Å². The van der Waals surface area contributed by atoms with Crippen LogP contribution < -0.4 is 20.1 Å². The van der Waals surface area contributed by atoms with Crippen LogP contribution in [0.5, 0.6) is 11.5 Å². The third kappa shape index (κ3) is 7.67. The molecule has 2 aliphatic rings. The maximum absolute atomic E-state index is 15.0. The fraction of sp³-hybridized carbons (Fsp3) is 0.500. The number of hydrogen-bond donors (Lipinski definition) is 2. The van der Waals surface area contributed by atoms with Crippen LogP contribution >= 0.6 is 22.6 Å². The van der Waals surface area contributed by atoms with Gasteiger partial charge < -0.3 is 24.8 Å². The van der Waals surface area contributed by atoms with Crippen molar-refractivity contribution in [3.8, 4) is 11.5 Å². The minimum Gasteiger partial charge on any atom is -0.496 e. The molecule has 246 valence electrons. The molecule has 0 heterocycles. The molecule has 2 saturated carbocycles. The quantitative estimate of drug-likeness (QED) is 0.181. The number of alkyl halides is 3. The van der Waals surface area contributed by atoms with E-state index in [0.29, 0.717) is 67.5 Å². The van der Waals surface area contributed by atoms with E-state index in [4.69, 9.17) is 14.2 Å². The number of carbonyl (C=O) groups is 3. The first kappa shape index (κ1) is 34.8. The maximum atomic E-state index is 15.0. The van der Waals surface area contributed by atoms with Crippen LogP contribution in [0.15, 0.2) is 41.3 Å². The molecule has 0 radical (unpaired) electrons. The Bertz CT molecular complexity index is 1560. The zero-order chi connectivity index (χ0) is 33.2. The first-order valence-corrected chi connectivity index (χ1v) is 16.8. The van der Waals surface area contributed by atoms with E-state index >= 15 is 0 Å². The number of amides is 2. The Hall–Kier alpha value is -3.08. The molecule has 2 N–H and O–H groups in total. The number of sulfone groups is 1. The van der Waals surface area contributed by atoms with E-state index in [9.17, 15) is 36.0 Å². The first-order chi connectivity index (χ1) is 21.1. The third-order valence-corrected chi connectivity index (χ3v) is 11.6. The number of halogens is 4. The molecule has 0 saturated heterocycles. The molecule has 2 aromatic carbocycles. The lowest BCUT2D eigenvalue weighted by Crippen LogP contribution is -2.42. The zero-order valence-corrected chi connectivity index (χ0v) is 27.8. The molecule has 15 heteroatoms. The molecular formula is C30H34F3IN2O8S. The molecule has 45 heavy (non-hydrogen) atoms. The number of ether oxygens (including phenoxy) is 3. The molecule has 0 spiro atoms. The minimum atomic E-state index is -4.97. The average molecular weight is 767 g/mol. The minimum absolute atomic E-state index is 0.00667. The predicted octanol–water partition coefficient (Wildman–Crippen LogP) is 5.63. The lowest BCUT2D eigenvalue weighted by atomic mass is 9.75. The van der Waals surface area contributed by atoms with Crippen LogP contribution in [0.3, 0.4) is 0 Å². The highest BCUT2D eigenvalue weighted by atomic mass is 127. The maximum Gasteiger partial charge on any atom is 0.398 e. The summed E-state index contributed by atoms with van der Waals surface area (Å²) >= 11 is 0.534. The van der Waals surface area contributed by atoms with Crippen LogP contribution in [-0.4, -0.2) is 55.8 Å². The highest BCUT2D eigenvalue weighted by Crippen LogP contribution is 2.40. The highest BCUT2D eigenvalue weighted by molar-refractivity contribution is 14.1. The van der Waals surface area contributed by atoms with Gasteiger partial charge in [0.25, 0.3) is 15.7 Å². The van der Waals surface area contributed by atoms with Gasteiger partial charge in [0.15, 0.2) is 11.6 Å². The van der Waals surface area contributed by atoms with E-state index in [1.165, 1.54) is 32.4 Å². The molecular weight excluding hydrogens is 732 g/mol. The van der Waals surface area contributed by atoms with Crippen molar-refractivity contribution in [1.29, 1.82) is 0 Å². The number of anilines is 1. The average Bonchev–Trinajstić information content (AvgIpc) is 3.46. The monoisotopic (exact) mass is 766 g/mol. The lowest BCUT2D eigenvalue weighted by Gasteiger charge is -2.35. The molecule has 4 rings (SSSR count). The van der Waals surface area contributed by atoms with Crippen LogP contribution in [0.2, 0.25) is 0 Å². The molecule has 2 aliphatic carbocycles. The number of benzene rings is 2. The largest absolute Gasteiger partial charge is 0.496 e. The van der Waals surface area contributed by atoms with Gasteiger partial charge in [-0.3, -0.25) is 14.4 Å². The Morgan fingerprint density at radius 3 is 2.33 bits per heavy atom. The Labute approximate surface area is 272 Å². The summed E-state index contributed by atoms with van der Waals surface area (Å²) in [5.74, 6) is -3.10. The molecule has 10 nitrogen and oxygen atoms in total. The molecule has 0 unspecified atom stereocenters. The number of carbonyl (C=O) groups excluding carboxylic acids is 3. The van der Waals surface area contributed by atoms with Gasteiger partial charge in [-0.15, -0.1) is 0 Å². The molecule has 0 aromatic heterocycles. The highest BCUT2D eigenvalue weighted by Gasteiger charge is 2.43. The molecule has 2 fully saturated rings. The van der Waals surface area contributed by atoms with Crippen molar-refractivity contribution in [1.82, 2.24) is 5.32 Å². The standard InChI is InChI=1S/C30H34F3IN2O8S/c1-29(28(39)43-3)12-10-18(11-13-29)44-25-15-21(24(42-2)16-22(25)31)27(38)36-23-9-5-8-20(23)26(37)35-17-6-4-7-19(14-17)45(40,41)30(32,33)34/h4,6-7,14-16,18,20,23H,5,8-13H2,1-3H3,(H,35,37)(H,36,38)/t18-,20-,23+,29+/m0/s1. The number of nitrogens with one attached hydrogen (secondary N) is 2. The lowest BCUT2D eigenvalue weighted by molar-refractivity contribution is -0.154. The number of esters is 1. The van der Waals surface area contributed by atoms with Crippen LogP contribution in [0.1, 0.15) is 62.2 Å². The van der Waals surface area contributed by atoms with Gasteiger partial charge in [0.2, 0.25) is 5.91 Å². The smallest absolute Gasteiger partial charge is 0.398 e. The Kier molecular flexibility index (Phi) is 10.6. The second kappa shape index (κ2) is 13.7. The molecule has 2 amide bonds. The van der Waals surface area contributed by atoms with Crippen molar-refractivity contribution in [2.45, 2.75) is 72.2 Å². The molecule has 2 aromatic rings. The van der Waals surface area contributed by atoms with Crippen molar-refractivity contribution < 1.29 is 50.2 Å². The second-order valence-electron chi connectivity index (χ2n) is 11.4. The van der Waals surface area contributed by atoms with Gasteiger partial charge in [-0.05, 0) is 69.7 Å². The summed E-state index contributed by atoms with van der Waals surface area (Å²) in [4.78, 5) is 38.1. The van der Waals surface area contributed by atoms with Crippen LogP contribution in [0.25, 0.3) is 0 Å². The summed E-state index contributed by atoms with van der Waals surface area (Å²) in [6, 6.07) is 6.24. The van der Waals surface area contributed by atoms with Crippen LogP contribution in [0, 0.1) is 17.2 Å². The van der Waals surface area contributed by atoms with Gasteiger partial charge >= 0.3 is 9.23 Å². The van der Waals surface area contributed by atoms with E-state index in [0.717, 1.165) is 18.2 Å². The van der Waals surface area contributed by atoms with Gasteiger partial charge in [0.1, 0.15) is 5.75 Å². The summed E-state index contributed by atoms with van der Waals surface area (Å²) < 4.78 is 78.6. The van der Waals surface area contributed by atoms with Crippen molar-refractivity contribution in [3.63, 3.8) is 0 Å². The topological polar surface area (TPSA) is 137 Å². The fourth-order valence-corrected chi connectivity index (χ4v) is 7.32. The molecule has 2 atom stereocenters. The second-order valence-corrected chi connectivity index (χ2v) is 15.5. The summed E-state index contributed by atoms with van der Waals surface area (Å²) in [7, 11) is -2.34. The number of methoxy groups -OCH3 is 2. The van der Waals surface area contributed by atoms with Crippen molar-refractivity contribution in [3.05, 3.63) is 47.8 Å². The number of rotatable bonds is 10. The summed E-state index contributed by atoms with van der Waals surface area (Å²) in [6.45, 7) is 1.82. The Morgan fingerprint density at radius 1 is 1.02 bits per heavy atom. The molecule has 0 aliphatic heterocycles. The Morgan fingerprint density at radius 2 is 1.71 bits per heavy atom. The van der Waals surface area contributed by atoms with Crippen LogP contribution in [0.4, 0.5) is 18.9 Å². The van der Waals surface area contributed by atoms with E-state index in [1.807, 2.05) is 6.92 Å². The third-order valence-electron chi connectivity index (χ3n) is 8.39. The van der Waals surface area contributed by atoms with E-state index in [2.05, 4.69) is 10.6 Å². The van der Waals surface area contributed by atoms with Gasteiger partial charge in [-0.1, -0.05) is 12.5 Å². The summed E-state index contributed by atoms with van der Waals surface area (Å²) in [5.41, 5.74) is -0.643. The van der Waals surface area contributed by atoms with Gasteiger partial charge in [0, 0.05) is 40.4 Å². The van der Waals surface area contributed by atoms with E-state index < -0.39 is 53.0 Å². The summed E-state index contributed by atoms with van der Waals surface area (Å²) in [5, 5.41) is 5.38. The van der Waals surface area contributed by atoms with E-state index in [-0.39, 0.29) is 34.8 Å². The first-order valence-electron chi connectivity index (χ1n) is 14.3. The Balaban J connectivity index is 1.45. The predicted molar refractivity (Wildman–Crippen MR) is 166 cm³/mol. The molecule has 0 bridgehead atoms. The van der Waals surface area contributed by atoms with E-state index in [1.54, 1.807) is 0 Å². The van der Waals surface area contributed by atoms with Crippen LogP contribution in [-0.2, 0) is 24.2 Å². The summed E-state index contributed by atoms with van der Waals surface area (Å²) in [6.07, 6.45) is 3.01. The van der Waals surface area contributed by atoms with Crippen molar-refractivity contribution in [2.24, 2.45) is 11.3 Å². The zero-order valence-electron chi connectivity index (χ0n) is 24.8. The van der Waals surface area contributed by atoms with Gasteiger partial charge in [-0.2, -0.15) is 8.78 Å². The van der Waals surface area contributed by atoms with Gasteiger partial charge in [-0.25, -0.2) is 12.8 Å². The SMILES string of the molecule is COc1cc(F)c(O[C@H]2CC[C@@](C)(C(=O)OC)CC2)cc1C(=O)N[C@@H]1CCC[C@@H]1C(=O)Nc1cccc(S(=O)(=O)C(F)(F)I)c1. The van der Waals surface area contributed by atoms with Gasteiger partial charge in [0.05, 0.1) is 42.1 Å².